The van der Waals surface area contributed by atoms with E-state index in [1.54, 1.807) is 0 Å². The summed E-state index contributed by atoms with van der Waals surface area (Å²) in [6.45, 7) is 2.72. The molecule has 1 aliphatic rings. The normalized spacial score (nSPS) is 21.1. The standard InChI is InChI=1S/C19H26ClN3O/c1-2-3-4-14-5-7-15(8-6-14)19(24)21-11-17-13-23-12-16(20)9-10-18(23)22-17/h9-10,12-15H,2-8,11H2,1H3,(H,21,24). The zero-order valence-electron chi connectivity index (χ0n) is 14.3. The Kier molecular flexibility index (Phi) is 5.77. The zero-order valence-corrected chi connectivity index (χ0v) is 15.1. The fourth-order valence-corrected chi connectivity index (χ4v) is 3.80. The number of imidazole rings is 1. The van der Waals surface area contributed by atoms with Gasteiger partial charge in [0.2, 0.25) is 5.91 Å². The van der Waals surface area contributed by atoms with Gasteiger partial charge in [0.15, 0.2) is 0 Å². The van der Waals surface area contributed by atoms with Gasteiger partial charge in [0.05, 0.1) is 17.3 Å². The average Bonchev–Trinajstić information content (AvgIpc) is 3.00. The fraction of sp³-hybridized carbons (Fsp3) is 0.579. The number of nitrogens with one attached hydrogen (secondary N) is 1. The molecule has 1 saturated carbocycles. The Morgan fingerprint density at radius 1 is 1.29 bits per heavy atom. The minimum atomic E-state index is 0.175. The number of fused-ring (bicyclic) bond motifs is 1. The molecule has 24 heavy (non-hydrogen) atoms. The van der Waals surface area contributed by atoms with Crippen molar-refractivity contribution in [1.29, 1.82) is 0 Å². The number of hydrogen-bond donors (Lipinski definition) is 1. The number of amides is 1. The Morgan fingerprint density at radius 3 is 2.83 bits per heavy atom. The summed E-state index contributed by atoms with van der Waals surface area (Å²) in [5.41, 5.74) is 1.71. The number of aromatic nitrogens is 2. The van der Waals surface area contributed by atoms with E-state index in [-0.39, 0.29) is 11.8 Å². The Hall–Kier alpha value is -1.55. The van der Waals surface area contributed by atoms with E-state index in [0.717, 1.165) is 30.1 Å². The molecule has 0 spiro atoms. The van der Waals surface area contributed by atoms with Crippen LogP contribution in [0.2, 0.25) is 5.02 Å². The van der Waals surface area contributed by atoms with Gasteiger partial charge in [-0.2, -0.15) is 0 Å². The van der Waals surface area contributed by atoms with Crippen molar-refractivity contribution in [3.05, 3.63) is 35.2 Å². The van der Waals surface area contributed by atoms with Crippen molar-refractivity contribution in [2.75, 3.05) is 0 Å². The number of rotatable bonds is 6. The smallest absolute Gasteiger partial charge is 0.223 e. The van der Waals surface area contributed by atoms with Gasteiger partial charge in [0.25, 0.3) is 0 Å². The van der Waals surface area contributed by atoms with Gasteiger partial charge in [0, 0.05) is 18.3 Å². The Bertz CT molecular complexity index is 689. The second-order valence-corrected chi connectivity index (χ2v) is 7.36. The van der Waals surface area contributed by atoms with E-state index in [1.807, 2.05) is 28.9 Å². The Morgan fingerprint density at radius 2 is 2.08 bits per heavy atom. The summed E-state index contributed by atoms with van der Waals surface area (Å²) >= 11 is 5.98. The largest absolute Gasteiger partial charge is 0.350 e. The highest BCUT2D eigenvalue weighted by molar-refractivity contribution is 6.30. The molecule has 1 fully saturated rings. The molecule has 1 amide bonds. The molecule has 0 atom stereocenters. The molecule has 1 N–H and O–H groups in total. The molecule has 0 saturated heterocycles. The predicted octanol–water partition coefficient (Wildman–Crippen LogP) is 4.60. The van der Waals surface area contributed by atoms with Crippen LogP contribution < -0.4 is 5.32 Å². The molecular weight excluding hydrogens is 322 g/mol. The van der Waals surface area contributed by atoms with Crippen LogP contribution in [-0.2, 0) is 11.3 Å². The number of pyridine rings is 1. The third-order valence-electron chi connectivity index (χ3n) is 5.09. The summed E-state index contributed by atoms with van der Waals surface area (Å²) in [6.07, 6.45) is 12.1. The first-order valence-electron chi connectivity index (χ1n) is 9.06. The summed E-state index contributed by atoms with van der Waals surface area (Å²) in [7, 11) is 0. The van der Waals surface area contributed by atoms with Gasteiger partial charge in [-0.1, -0.05) is 37.8 Å². The molecule has 0 aromatic carbocycles. The van der Waals surface area contributed by atoms with Gasteiger partial charge in [0.1, 0.15) is 5.65 Å². The first-order valence-corrected chi connectivity index (χ1v) is 9.44. The van der Waals surface area contributed by atoms with Gasteiger partial charge in [-0.3, -0.25) is 4.79 Å². The van der Waals surface area contributed by atoms with Crippen LogP contribution in [0, 0.1) is 11.8 Å². The molecule has 130 valence electrons. The molecule has 2 aromatic heterocycles. The van der Waals surface area contributed by atoms with Crippen LogP contribution in [0.15, 0.2) is 24.5 Å². The maximum atomic E-state index is 12.4. The molecule has 0 aliphatic heterocycles. The highest BCUT2D eigenvalue weighted by Crippen LogP contribution is 2.32. The van der Waals surface area contributed by atoms with Crippen LogP contribution in [0.25, 0.3) is 5.65 Å². The van der Waals surface area contributed by atoms with E-state index in [4.69, 9.17) is 11.6 Å². The second-order valence-electron chi connectivity index (χ2n) is 6.92. The number of nitrogens with zero attached hydrogens (tertiary/aromatic N) is 2. The molecule has 1 aliphatic carbocycles. The predicted molar refractivity (Wildman–Crippen MR) is 97.0 cm³/mol. The molecular formula is C19H26ClN3O. The van der Waals surface area contributed by atoms with E-state index < -0.39 is 0 Å². The monoisotopic (exact) mass is 347 g/mol. The van der Waals surface area contributed by atoms with Crippen molar-refractivity contribution in [2.24, 2.45) is 11.8 Å². The summed E-state index contributed by atoms with van der Waals surface area (Å²) in [5.74, 6) is 1.19. The molecule has 0 unspecified atom stereocenters. The van der Waals surface area contributed by atoms with Gasteiger partial charge in [-0.15, -0.1) is 0 Å². The first kappa shape index (κ1) is 17.3. The SMILES string of the molecule is CCCCC1CCC(C(=O)NCc2cn3cc(Cl)ccc3n2)CC1. The Balaban J connectivity index is 1.48. The molecule has 5 heteroatoms. The van der Waals surface area contributed by atoms with Crippen molar-refractivity contribution in [2.45, 2.75) is 58.4 Å². The third kappa shape index (κ3) is 4.29. The van der Waals surface area contributed by atoms with Crippen molar-refractivity contribution < 1.29 is 4.79 Å². The number of halogens is 1. The lowest BCUT2D eigenvalue weighted by molar-refractivity contribution is -0.126. The molecule has 4 nitrogen and oxygen atoms in total. The highest BCUT2D eigenvalue weighted by Gasteiger charge is 2.25. The van der Waals surface area contributed by atoms with Crippen molar-refractivity contribution in [3.63, 3.8) is 0 Å². The minimum absolute atomic E-state index is 0.175. The van der Waals surface area contributed by atoms with E-state index >= 15 is 0 Å². The summed E-state index contributed by atoms with van der Waals surface area (Å²) in [5, 5.41) is 3.73. The molecule has 0 radical (unpaired) electrons. The number of carbonyl (C=O) groups is 1. The van der Waals surface area contributed by atoms with Crippen LogP contribution in [0.1, 0.15) is 57.6 Å². The summed E-state index contributed by atoms with van der Waals surface area (Å²) in [4.78, 5) is 16.9. The van der Waals surface area contributed by atoms with Gasteiger partial charge in [-0.05, 0) is 43.7 Å². The van der Waals surface area contributed by atoms with Crippen LogP contribution in [0.3, 0.4) is 0 Å². The highest BCUT2D eigenvalue weighted by atomic mass is 35.5. The second kappa shape index (κ2) is 8.02. The average molecular weight is 348 g/mol. The Labute approximate surface area is 148 Å². The molecule has 2 aromatic rings. The fourth-order valence-electron chi connectivity index (χ4n) is 3.63. The van der Waals surface area contributed by atoms with Gasteiger partial charge >= 0.3 is 0 Å². The van der Waals surface area contributed by atoms with Crippen LogP contribution >= 0.6 is 11.6 Å². The van der Waals surface area contributed by atoms with E-state index in [0.29, 0.717) is 11.6 Å². The lowest BCUT2D eigenvalue weighted by Gasteiger charge is -2.27. The van der Waals surface area contributed by atoms with Gasteiger partial charge < -0.3 is 9.72 Å². The lowest BCUT2D eigenvalue weighted by atomic mass is 9.79. The van der Waals surface area contributed by atoms with E-state index in [9.17, 15) is 4.79 Å². The van der Waals surface area contributed by atoms with Crippen molar-refractivity contribution >= 4 is 23.2 Å². The lowest BCUT2D eigenvalue weighted by Crippen LogP contribution is -2.32. The molecule has 0 bridgehead atoms. The van der Waals surface area contributed by atoms with Crippen molar-refractivity contribution in [3.8, 4) is 0 Å². The maximum Gasteiger partial charge on any atom is 0.223 e. The topological polar surface area (TPSA) is 46.4 Å². The molecule has 3 rings (SSSR count). The third-order valence-corrected chi connectivity index (χ3v) is 5.32. The number of carbonyl (C=O) groups excluding carboxylic acids is 1. The summed E-state index contributed by atoms with van der Waals surface area (Å²) < 4.78 is 1.89. The number of hydrogen-bond acceptors (Lipinski definition) is 2. The number of unbranched alkanes of at least 4 members (excludes halogenated alkanes) is 1. The molecule has 2 heterocycles. The van der Waals surface area contributed by atoms with E-state index in [1.165, 1.54) is 32.1 Å². The van der Waals surface area contributed by atoms with E-state index in [2.05, 4.69) is 17.2 Å². The first-order chi connectivity index (χ1) is 11.7. The van der Waals surface area contributed by atoms with Crippen LogP contribution in [-0.4, -0.2) is 15.3 Å². The van der Waals surface area contributed by atoms with Crippen LogP contribution in [0.4, 0.5) is 0 Å². The zero-order chi connectivity index (χ0) is 16.9. The summed E-state index contributed by atoms with van der Waals surface area (Å²) in [6, 6.07) is 3.70. The quantitative estimate of drug-likeness (QED) is 0.830. The van der Waals surface area contributed by atoms with Crippen molar-refractivity contribution in [1.82, 2.24) is 14.7 Å². The maximum absolute atomic E-state index is 12.4. The van der Waals surface area contributed by atoms with Crippen LogP contribution in [0.5, 0.6) is 0 Å². The van der Waals surface area contributed by atoms with Gasteiger partial charge in [-0.25, -0.2) is 4.98 Å². The minimum Gasteiger partial charge on any atom is -0.350 e.